The van der Waals surface area contributed by atoms with Crippen molar-refractivity contribution in [1.82, 2.24) is 19.9 Å². The van der Waals surface area contributed by atoms with Crippen molar-refractivity contribution in [1.29, 1.82) is 5.41 Å². The second-order valence-corrected chi connectivity index (χ2v) is 10.3. The molecule has 2 atom stereocenters. The zero-order valence-corrected chi connectivity index (χ0v) is 22.0. The molecular formula is C27H32N6O2S. The average Bonchev–Trinajstić information content (AvgIpc) is 3.48. The minimum atomic E-state index is -0.342. The van der Waals surface area contributed by atoms with Crippen molar-refractivity contribution in [3.8, 4) is 11.1 Å². The quantitative estimate of drug-likeness (QED) is 0.420. The van der Waals surface area contributed by atoms with Crippen LogP contribution in [0.15, 0.2) is 36.0 Å². The third-order valence-corrected chi connectivity index (χ3v) is 7.51. The van der Waals surface area contributed by atoms with Gasteiger partial charge < -0.3 is 10.2 Å². The highest BCUT2D eigenvalue weighted by molar-refractivity contribution is 7.09. The molecule has 2 aromatic heterocycles. The predicted octanol–water partition coefficient (Wildman–Crippen LogP) is 4.32. The Morgan fingerprint density at radius 1 is 1.22 bits per heavy atom. The highest BCUT2D eigenvalue weighted by Gasteiger charge is 2.32. The van der Waals surface area contributed by atoms with E-state index in [1.165, 1.54) is 6.92 Å². The largest absolute Gasteiger partial charge is 0.376 e. The Morgan fingerprint density at radius 2 is 1.97 bits per heavy atom. The number of carbonyl (C=O) groups excluding carboxylic acids is 2. The zero-order valence-electron chi connectivity index (χ0n) is 21.2. The van der Waals surface area contributed by atoms with Gasteiger partial charge in [-0.05, 0) is 50.3 Å². The second kappa shape index (κ2) is 11.1. The SMILES string of the molecule is CCc1csc(CC2CC(C)N(C(=O)CNc3ccc(-c4cnc(C)nc4)cc3C(=N)C(C)=O)C2)n1. The first-order chi connectivity index (χ1) is 17.2. The maximum absolute atomic E-state index is 13.1. The van der Waals surface area contributed by atoms with E-state index in [0.29, 0.717) is 29.5 Å². The number of nitrogens with zero attached hydrogens (tertiary/aromatic N) is 4. The van der Waals surface area contributed by atoms with Crippen LogP contribution in [-0.4, -0.2) is 56.4 Å². The summed E-state index contributed by atoms with van der Waals surface area (Å²) in [6.07, 6.45) is 6.23. The third-order valence-electron chi connectivity index (χ3n) is 6.59. The van der Waals surface area contributed by atoms with Crippen LogP contribution >= 0.6 is 11.3 Å². The highest BCUT2D eigenvalue weighted by Crippen LogP contribution is 2.29. The Labute approximate surface area is 215 Å². The van der Waals surface area contributed by atoms with Gasteiger partial charge in [-0.3, -0.25) is 15.0 Å². The molecule has 188 valence electrons. The summed E-state index contributed by atoms with van der Waals surface area (Å²) in [6, 6.07) is 5.62. The van der Waals surface area contributed by atoms with Crippen molar-refractivity contribution in [3.05, 3.63) is 58.1 Å². The van der Waals surface area contributed by atoms with Crippen molar-refractivity contribution in [2.24, 2.45) is 5.92 Å². The van der Waals surface area contributed by atoms with Crippen LogP contribution in [0.5, 0.6) is 0 Å². The minimum absolute atomic E-state index is 0.00898. The first-order valence-corrected chi connectivity index (χ1v) is 13.1. The molecule has 3 aromatic rings. The number of hydrogen-bond acceptors (Lipinski definition) is 8. The second-order valence-electron chi connectivity index (χ2n) is 9.35. The van der Waals surface area contributed by atoms with E-state index in [-0.39, 0.29) is 30.0 Å². The van der Waals surface area contributed by atoms with Crippen LogP contribution < -0.4 is 5.32 Å². The maximum atomic E-state index is 13.1. The Morgan fingerprint density at radius 3 is 2.64 bits per heavy atom. The summed E-state index contributed by atoms with van der Waals surface area (Å²) in [6.45, 7) is 8.20. The molecule has 9 heteroatoms. The number of carbonyl (C=O) groups is 2. The molecule has 2 N–H and O–H groups in total. The summed E-state index contributed by atoms with van der Waals surface area (Å²) in [5, 5.41) is 14.8. The van der Waals surface area contributed by atoms with Gasteiger partial charge >= 0.3 is 0 Å². The van der Waals surface area contributed by atoms with Crippen molar-refractivity contribution in [2.75, 3.05) is 18.4 Å². The number of benzene rings is 1. The fourth-order valence-electron chi connectivity index (χ4n) is 4.58. The first-order valence-electron chi connectivity index (χ1n) is 12.2. The monoisotopic (exact) mass is 504 g/mol. The van der Waals surface area contributed by atoms with Gasteiger partial charge in [-0.15, -0.1) is 11.3 Å². The van der Waals surface area contributed by atoms with E-state index in [1.807, 2.05) is 17.9 Å². The molecule has 1 amide bonds. The number of hydrogen-bond donors (Lipinski definition) is 2. The lowest BCUT2D eigenvalue weighted by atomic mass is 9.99. The van der Waals surface area contributed by atoms with Crippen LogP contribution in [0.4, 0.5) is 5.69 Å². The van der Waals surface area contributed by atoms with Gasteiger partial charge in [-0.1, -0.05) is 13.0 Å². The van der Waals surface area contributed by atoms with Gasteiger partial charge in [-0.2, -0.15) is 0 Å². The average molecular weight is 505 g/mol. The Bertz CT molecular complexity index is 1270. The summed E-state index contributed by atoms with van der Waals surface area (Å²) in [7, 11) is 0. The molecule has 2 unspecified atom stereocenters. The van der Waals surface area contributed by atoms with E-state index < -0.39 is 0 Å². The summed E-state index contributed by atoms with van der Waals surface area (Å²) in [4.78, 5) is 40.2. The molecule has 0 spiro atoms. The number of aryl methyl sites for hydroxylation is 2. The number of likely N-dealkylation sites (tertiary alicyclic amines) is 1. The highest BCUT2D eigenvalue weighted by atomic mass is 32.1. The van der Waals surface area contributed by atoms with E-state index in [2.05, 4.69) is 39.5 Å². The first kappa shape index (κ1) is 25.6. The molecule has 0 bridgehead atoms. The number of nitrogens with one attached hydrogen (secondary N) is 2. The fourth-order valence-corrected chi connectivity index (χ4v) is 5.57. The molecule has 4 rings (SSSR count). The zero-order chi connectivity index (χ0) is 25.8. The van der Waals surface area contributed by atoms with Gasteiger partial charge in [0.05, 0.1) is 17.2 Å². The lowest BCUT2D eigenvalue weighted by molar-refractivity contribution is -0.129. The molecule has 1 aliphatic rings. The number of amides is 1. The Balaban J connectivity index is 1.44. The smallest absolute Gasteiger partial charge is 0.242 e. The molecule has 1 fully saturated rings. The molecule has 3 heterocycles. The number of ketones is 1. The maximum Gasteiger partial charge on any atom is 0.242 e. The van der Waals surface area contributed by atoms with E-state index >= 15 is 0 Å². The number of aromatic nitrogens is 3. The molecule has 1 saturated heterocycles. The molecule has 1 aromatic carbocycles. The Hall–Kier alpha value is -3.46. The van der Waals surface area contributed by atoms with Crippen LogP contribution in [0.2, 0.25) is 0 Å². The lowest BCUT2D eigenvalue weighted by Crippen LogP contribution is -2.38. The van der Waals surface area contributed by atoms with E-state index in [4.69, 9.17) is 5.41 Å². The van der Waals surface area contributed by atoms with Crippen LogP contribution in [0, 0.1) is 18.3 Å². The number of thiazole rings is 1. The van der Waals surface area contributed by atoms with Gasteiger partial charge in [0.15, 0.2) is 5.78 Å². The summed E-state index contributed by atoms with van der Waals surface area (Å²) >= 11 is 1.70. The van der Waals surface area contributed by atoms with Crippen molar-refractivity contribution in [2.45, 2.75) is 53.0 Å². The third kappa shape index (κ3) is 5.84. The van der Waals surface area contributed by atoms with Gasteiger partial charge in [0, 0.05) is 60.5 Å². The fraction of sp³-hybridized carbons (Fsp3) is 0.407. The van der Waals surface area contributed by atoms with Crippen LogP contribution in [0.1, 0.15) is 49.3 Å². The summed E-state index contributed by atoms with van der Waals surface area (Å²) in [5.41, 5.74) is 3.66. The van der Waals surface area contributed by atoms with E-state index in [9.17, 15) is 9.59 Å². The molecule has 0 saturated carbocycles. The van der Waals surface area contributed by atoms with Gasteiger partial charge in [0.1, 0.15) is 11.5 Å². The Kier molecular flexibility index (Phi) is 7.88. The molecule has 36 heavy (non-hydrogen) atoms. The van der Waals surface area contributed by atoms with Crippen LogP contribution in [0.3, 0.4) is 0 Å². The molecular weight excluding hydrogens is 472 g/mol. The molecule has 0 radical (unpaired) electrons. The topological polar surface area (TPSA) is 112 Å². The van der Waals surface area contributed by atoms with Gasteiger partial charge in [0.25, 0.3) is 0 Å². The van der Waals surface area contributed by atoms with E-state index in [1.54, 1.807) is 35.9 Å². The minimum Gasteiger partial charge on any atom is -0.376 e. The number of rotatable bonds is 9. The van der Waals surface area contributed by atoms with E-state index in [0.717, 1.165) is 41.1 Å². The lowest BCUT2D eigenvalue weighted by Gasteiger charge is -2.22. The van der Waals surface area contributed by atoms with Crippen LogP contribution in [-0.2, 0) is 22.4 Å². The van der Waals surface area contributed by atoms with Crippen molar-refractivity contribution < 1.29 is 9.59 Å². The number of Topliss-reactive ketones (excluding diaryl/α,β-unsaturated/α-hetero) is 1. The predicted molar refractivity (Wildman–Crippen MR) is 143 cm³/mol. The molecule has 1 aliphatic heterocycles. The van der Waals surface area contributed by atoms with Gasteiger partial charge in [0.2, 0.25) is 5.91 Å². The molecule has 0 aliphatic carbocycles. The summed E-state index contributed by atoms with van der Waals surface area (Å²) < 4.78 is 0. The molecule has 8 nitrogen and oxygen atoms in total. The number of anilines is 1. The standard InChI is InChI=1S/C27H32N6O2S/c1-5-22-15-36-25(32-22)9-19-8-16(2)33(14-19)26(35)13-31-24-7-6-20(10-23(24)27(28)17(3)34)21-11-29-18(4)30-12-21/h6-7,10-12,15-16,19,28,31H,5,8-9,13-14H2,1-4H3. The van der Waals surface area contributed by atoms with Crippen LogP contribution in [0.25, 0.3) is 11.1 Å². The van der Waals surface area contributed by atoms with Crippen molar-refractivity contribution >= 4 is 34.4 Å². The van der Waals surface area contributed by atoms with Crippen molar-refractivity contribution in [3.63, 3.8) is 0 Å². The summed E-state index contributed by atoms with van der Waals surface area (Å²) in [5.74, 6) is 0.737. The normalized spacial score (nSPS) is 17.3. The van der Waals surface area contributed by atoms with Gasteiger partial charge in [-0.25, -0.2) is 15.0 Å².